The van der Waals surface area contributed by atoms with Crippen molar-refractivity contribution >= 4 is 16.7 Å². The van der Waals surface area contributed by atoms with E-state index in [1.807, 2.05) is 18.2 Å². The third kappa shape index (κ3) is 2.99. The zero-order valence-corrected chi connectivity index (χ0v) is 16.2. The Balaban J connectivity index is 1.58. The SMILES string of the molecule is CCN1Cc2c(ccc(N3CCOCC3)c2F)C(c2ccc3occc3c2)C1. The summed E-state index contributed by atoms with van der Waals surface area (Å²) in [6.07, 6.45) is 1.72. The lowest BCUT2D eigenvalue weighted by Gasteiger charge is -2.36. The van der Waals surface area contributed by atoms with Gasteiger partial charge in [-0.1, -0.05) is 19.1 Å². The number of fused-ring (bicyclic) bond motifs is 2. The molecule has 2 aromatic carbocycles. The molecule has 0 amide bonds. The van der Waals surface area contributed by atoms with E-state index in [9.17, 15) is 0 Å². The number of anilines is 1. The van der Waals surface area contributed by atoms with Crippen LogP contribution in [0.15, 0.2) is 47.1 Å². The highest BCUT2D eigenvalue weighted by atomic mass is 19.1. The molecule has 0 radical (unpaired) electrons. The fourth-order valence-electron chi connectivity index (χ4n) is 4.53. The Morgan fingerprint density at radius 2 is 1.96 bits per heavy atom. The minimum atomic E-state index is -0.0630. The van der Waals surface area contributed by atoms with Crippen molar-refractivity contribution in [3.63, 3.8) is 0 Å². The maximum Gasteiger partial charge on any atom is 0.151 e. The molecule has 1 saturated heterocycles. The van der Waals surface area contributed by atoms with Gasteiger partial charge in [0.05, 0.1) is 25.2 Å². The Morgan fingerprint density at radius 3 is 2.79 bits per heavy atom. The Bertz CT molecular complexity index is 993. The van der Waals surface area contributed by atoms with Gasteiger partial charge >= 0.3 is 0 Å². The third-order valence-corrected chi connectivity index (χ3v) is 6.13. The predicted molar refractivity (Wildman–Crippen MR) is 108 cm³/mol. The lowest BCUT2D eigenvalue weighted by Crippen LogP contribution is -2.38. The number of likely N-dealkylation sites (N-methyl/N-ethyl adjacent to an activating group) is 1. The van der Waals surface area contributed by atoms with E-state index in [1.165, 1.54) is 5.56 Å². The summed E-state index contributed by atoms with van der Waals surface area (Å²) in [6.45, 7) is 7.43. The van der Waals surface area contributed by atoms with E-state index in [4.69, 9.17) is 9.15 Å². The molecule has 1 fully saturated rings. The second kappa shape index (κ2) is 7.22. The summed E-state index contributed by atoms with van der Waals surface area (Å²) in [6, 6.07) is 12.4. The molecule has 1 unspecified atom stereocenters. The average molecular weight is 380 g/mol. The summed E-state index contributed by atoms with van der Waals surface area (Å²) >= 11 is 0. The Labute approximate surface area is 164 Å². The first kappa shape index (κ1) is 17.7. The van der Waals surface area contributed by atoms with E-state index in [0.29, 0.717) is 25.4 Å². The van der Waals surface area contributed by atoms with Gasteiger partial charge in [0.2, 0.25) is 0 Å². The number of furan rings is 1. The largest absolute Gasteiger partial charge is 0.464 e. The number of halogens is 1. The van der Waals surface area contributed by atoms with Crippen LogP contribution >= 0.6 is 0 Å². The van der Waals surface area contributed by atoms with Crippen molar-refractivity contribution in [2.75, 3.05) is 44.3 Å². The number of benzene rings is 2. The lowest BCUT2D eigenvalue weighted by atomic mass is 9.83. The van der Waals surface area contributed by atoms with Gasteiger partial charge in [0.15, 0.2) is 5.82 Å². The van der Waals surface area contributed by atoms with Crippen LogP contribution in [0, 0.1) is 5.82 Å². The maximum absolute atomic E-state index is 15.6. The second-order valence-corrected chi connectivity index (χ2v) is 7.66. The number of nitrogens with zero attached hydrogens (tertiary/aromatic N) is 2. The summed E-state index contributed by atoms with van der Waals surface area (Å²) in [5, 5.41) is 1.10. The topological polar surface area (TPSA) is 28.9 Å². The van der Waals surface area contributed by atoms with Gasteiger partial charge in [0.1, 0.15) is 5.58 Å². The van der Waals surface area contributed by atoms with Crippen molar-refractivity contribution < 1.29 is 13.5 Å². The number of morpholine rings is 1. The summed E-state index contributed by atoms with van der Waals surface area (Å²) in [5.41, 5.74) is 4.77. The molecule has 2 aliphatic heterocycles. The molecule has 0 N–H and O–H groups in total. The van der Waals surface area contributed by atoms with Crippen LogP contribution < -0.4 is 4.90 Å². The second-order valence-electron chi connectivity index (χ2n) is 7.66. The fourth-order valence-corrected chi connectivity index (χ4v) is 4.53. The maximum atomic E-state index is 15.6. The van der Waals surface area contributed by atoms with Gasteiger partial charge in [0.25, 0.3) is 0 Å². The van der Waals surface area contributed by atoms with Gasteiger partial charge < -0.3 is 14.1 Å². The molecule has 3 aromatic rings. The van der Waals surface area contributed by atoms with E-state index in [0.717, 1.165) is 48.3 Å². The van der Waals surface area contributed by atoms with E-state index < -0.39 is 0 Å². The van der Waals surface area contributed by atoms with Gasteiger partial charge in [-0.2, -0.15) is 0 Å². The molecule has 1 aromatic heterocycles. The van der Waals surface area contributed by atoms with Crippen molar-refractivity contribution in [2.45, 2.75) is 19.4 Å². The number of ether oxygens (including phenoxy) is 1. The molecular formula is C23H25FN2O2. The van der Waals surface area contributed by atoms with Crippen LogP contribution in [0.2, 0.25) is 0 Å². The van der Waals surface area contributed by atoms with Gasteiger partial charge in [-0.3, -0.25) is 4.90 Å². The van der Waals surface area contributed by atoms with E-state index in [1.54, 1.807) is 6.26 Å². The molecule has 146 valence electrons. The van der Waals surface area contributed by atoms with E-state index >= 15 is 4.39 Å². The standard InChI is InChI=1S/C23H25FN2O2/c1-2-25-14-19(16-3-6-22-17(13-16)7-10-28-22)18-4-5-21(23(24)20(18)15-25)26-8-11-27-12-9-26/h3-7,10,13,19H,2,8-9,11-12,14-15H2,1H3. The van der Waals surface area contributed by atoms with Crippen molar-refractivity contribution in [3.05, 3.63) is 65.2 Å². The first-order chi connectivity index (χ1) is 13.7. The van der Waals surface area contributed by atoms with Crippen LogP contribution in [0.5, 0.6) is 0 Å². The first-order valence-electron chi connectivity index (χ1n) is 10.1. The highest BCUT2D eigenvalue weighted by molar-refractivity contribution is 5.78. The average Bonchev–Trinajstić information content (AvgIpc) is 3.22. The van der Waals surface area contributed by atoms with Crippen molar-refractivity contribution in [2.24, 2.45) is 0 Å². The molecular weight excluding hydrogens is 355 g/mol. The molecule has 0 aliphatic carbocycles. The van der Waals surface area contributed by atoms with Crippen LogP contribution in [0.3, 0.4) is 0 Å². The summed E-state index contributed by atoms with van der Waals surface area (Å²) < 4.78 is 26.5. The van der Waals surface area contributed by atoms with E-state index in [-0.39, 0.29) is 11.7 Å². The molecule has 5 heteroatoms. The molecule has 2 aliphatic rings. The van der Waals surface area contributed by atoms with Crippen LogP contribution in [0.1, 0.15) is 29.5 Å². The van der Waals surface area contributed by atoms with Crippen LogP contribution in [0.4, 0.5) is 10.1 Å². The summed E-state index contributed by atoms with van der Waals surface area (Å²) in [5.74, 6) is 0.100. The Hall–Kier alpha value is -2.37. The predicted octanol–water partition coefficient (Wildman–Crippen LogP) is 4.38. The van der Waals surface area contributed by atoms with Crippen molar-refractivity contribution in [3.8, 4) is 0 Å². The minimum Gasteiger partial charge on any atom is -0.464 e. The molecule has 4 nitrogen and oxygen atoms in total. The zero-order valence-electron chi connectivity index (χ0n) is 16.2. The fraction of sp³-hybridized carbons (Fsp3) is 0.391. The van der Waals surface area contributed by atoms with Gasteiger partial charge in [-0.05, 0) is 41.9 Å². The number of hydrogen-bond acceptors (Lipinski definition) is 4. The highest BCUT2D eigenvalue weighted by Gasteiger charge is 2.30. The molecule has 1 atom stereocenters. The quantitative estimate of drug-likeness (QED) is 0.674. The molecule has 5 rings (SSSR count). The van der Waals surface area contributed by atoms with Gasteiger partial charge in [-0.25, -0.2) is 4.39 Å². The zero-order chi connectivity index (χ0) is 19.1. The molecule has 0 spiro atoms. The smallest absolute Gasteiger partial charge is 0.151 e. The van der Waals surface area contributed by atoms with Gasteiger partial charge in [-0.15, -0.1) is 0 Å². The highest BCUT2D eigenvalue weighted by Crippen LogP contribution is 2.38. The Morgan fingerprint density at radius 1 is 1.11 bits per heavy atom. The van der Waals surface area contributed by atoms with Crippen LogP contribution in [-0.2, 0) is 11.3 Å². The van der Waals surface area contributed by atoms with Gasteiger partial charge in [0, 0.05) is 43.0 Å². The van der Waals surface area contributed by atoms with Crippen molar-refractivity contribution in [1.82, 2.24) is 4.90 Å². The molecule has 0 saturated carbocycles. The number of rotatable bonds is 3. The first-order valence-corrected chi connectivity index (χ1v) is 10.1. The summed E-state index contributed by atoms with van der Waals surface area (Å²) in [7, 11) is 0. The molecule has 0 bridgehead atoms. The molecule has 3 heterocycles. The van der Waals surface area contributed by atoms with E-state index in [2.05, 4.69) is 34.9 Å². The summed E-state index contributed by atoms with van der Waals surface area (Å²) in [4.78, 5) is 4.44. The van der Waals surface area contributed by atoms with Crippen LogP contribution in [0.25, 0.3) is 11.0 Å². The van der Waals surface area contributed by atoms with Crippen LogP contribution in [-0.4, -0.2) is 44.3 Å². The minimum absolute atomic E-state index is 0.0630. The van der Waals surface area contributed by atoms with Crippen molar-refractivity contribution in [1.29, 1.82) is 0 Å². The molecule has 28 heavy (non-hydrogen) atoms. The third-order valence-electron chi connectivity index (χ3n) is 6.13. The Kier molecular flexibility index (Phi) is 4.57. The lowest BCUT2D eigenvalue weighted by molar-refractivity contribution is 0.122. The normalized spacial score (nSPS) is 20.5. The number of hydrogen-bond donors (Lipinski definition) is 0. The monoisotopic (exact) mass is 380 g/mol.